The predicted octanol–water partition coefficient (Wildman–Crippen LogP) is 6.09. The van der Waals surface area contributed by atoms with Gasteiger partial charge < -0.3 is 0 Å². The second-order valence-electron chi connectivity index (χ2n) is 5.87. The van der Waals surface area contributed by atoms with Crippen molar-refractivity contribution in [3.8, 4) is 11.3 Å². The van der Waals surface area contributed by atoms with E-state index >= 15 is 0 Å². The third-order valence-electron chi connectivity index (χ3n) is 3.79. The number of hydrogen-bond donors (Lipinski definition) is 1. The number of thiazole rings is 1. The van der Waals surface area contributed by atoms with Crippen LogP contribution in [0.5, 0.6) is 0 Å². The van der Waals surface area contributed by atoms with E-state index in [1.807, 2.05) is 55.5 Å². The predicted molar refractivity (Wildman–Crippen MR) is 108 cm³/mol. The molecule has 1 heterocycles. The number of nitrogens with one attached hydrogen (secondary N) is 1. The molecule has 0 atom stereocenters. The van der Waals surface area contributed by atoms with Crippen molar-refractivity contribution in [3.05, 3.63) is 69.0 Å². The fraction of sp³-hybridized carbons (Fsp3) is 0.200. The number of rotatable bonds is 5. The lowest BCUT2D eigenvalue weighted by Gasteiger charge is -2.02. The molecule has 0 saturated carbocycles. The fourth-order valence-electron chi connectivity index (χ4n) is 2.59. The van der Waals surface area contributed by atoms with Crippen LogP contribution in [0.1, 0.15) is 34.1 Å². The minimum Gasteiger partial charge on any atom is -0.298 e. The molecule has 25 heavy (non-hydrogen) atoms. The van der Waals surface area contributed by atoms with E-state index in [0.29, 0.717) is 10.7 Å². The number of carbonyl (C=O) groups is 1. The first-order valence-corrected chi connectivity index (χ1v) is 9.81. The molecule has 128 valence electrons. The molecule has 1 N–H and O–H groups in total. The van der Waals surface area contributed by atoms with E-state index in [0.717, 1.165) is 34.1 Å². The number of aromatic nitrogens is 1. The lowest BCUT2D eigenvalue weighted by molar-refractivity contribution is 0.102. The SMILES string of the molecule is CCCc1sc(NC(=O)c2cccc(C)c2)nc1-c1ccc(Br)cc1. The van der Waals surface area contributed by atoms with Crippen molar-refractivity contribution in [1.29, 1.82) is 0 Å². The van der Waals surface area contributed by atoms with E-state index in [-0.39, 0.29) is 5.91 Å². The number of benzene rings is 2. The second kappa shape index (κ2) is 7.93. The maximum absolute atomic E-state index is 12.5. The summed E-state index contributed by atoms with van der Waals surface area (Å²) in [5, 5.41) is 3.59. The van der Waals surface area contributed by atoms with Gasteiger partial charge in [0.25, 0.3) is 5.91 Å². The number of amides is 1. The molecule has 1 aromatic heterocycles. The average molecular weight is 415 g/mol. The minimum atomic E-state index is -0.122. The Balaban J connectivity index is 1.88. The Kier molecular flexibility index (Phi) is 5.66. The largest absolute Gasteiger partial charge is 0.298 e. The van der Waals surface area contributed by atoms with Crippen LogP contribution in [-0.4, -0.2) is 10.9 Å². The number of halogens is 1. The maximum Gasteiger partial charge on any atom is 0.257 e. The second-order valence-corrected chi connectivity index (χ2v) is 7.87. The molecule has 5 heteroatoms. The summed E-state index contributed by atoms with van der Waals surface area (Å²) in [6, 6.07) is 15.7. The fourth-order valence-corrected chi connectivity index (χ4v) is 3.94. The van der Waals surface area contributed by atoms with Crippen LogP contribution < -0.4 is 5.32 Å². The summed E-state index contributed by atoms with van der Waals surface area (Å²) in [7, 11) is 0. The van der Waals surface area contributed by atoms with Gasteiger partial charge in [0.2, 0.25) is 0 Å². The summed E-state index contributed by atoms with van der Waals surface area (Å²) in [6.45, 7) is 4.13. The molecule has 3 aromatic rings. The Morgan fingerprint density at radius 1 is 1.20 bits per heavy atom. The van der Waals surface area contributed by atoms with Crippen LogP contribution in [0.15, 0.2) is 53.0 Å². The van der Waals surface area contributed by atoms with Gasteiger partial charge in [-0.1, -0.05) is 59.1 Å². The van der Waals surface area contributed by atoms with Crippen molar-refractivity contribution < 1.29 is 4.79 Å². The molecule has 0 aliphatic carbocycles. The standard InChI is InChI=1S/C20H19BrN2OS/c1-3-5-17-18(14-8-10-16(21)11-9-14)22-20(25-17)23-19(24)15-7-4-6-13(2)12-15/h4,6-12H,3,5H2,1-2H3,(H,22,23,24). The zero-order valence-corrected chi connectivity index (χ0v) is 16.6. The quantitative estimate of drug-likeness (QED) is 0.548. The average Bonchev–Trinajstić information content (AvgIpc) is 2.98. The normalized spacial score (nSPS) is 10.7. The molecule has 0 unspecified atom stereocenters. The van der Waals surface area contributed by atoms with Crippen molar-refractivity contribution in [2.75, 3.05) is 5.32 Å². The Labute approximate surface area is 160 Å². The van der Waals surface area contributed by atoms with Crippen LogP contribution in [0.2, 0.25) is 0 Å². The van der Waals surface area contributed by atoms with E-state index in [1.165, 1.54) is 4.88 Å². The van der Waals surface area contributed by atoms with Crippen LogP contribution in [0.25, 0.3) is 11.3 Å². The summed E-state index contributed by atoms with van der Waals surface area (Å²) in [4.78, 5) is 18.4. The molecular weight excluding hydrogens is 396 g/mol. The first-order chi connectivity index (χ1) is 12.1. The van der Waals surface area contributed by atoms with Gasteiger partial charge in [-0.15, -0.1) is 11.3 Å². The highest BCUT2D eigenvalue weighted by molar-refractivity contribution is 9.10. The van der Waals surface area contributed by atoms with Gasteiger partial charge in [0.1, 0.15) is 0 Å². The lowest BCUT2D eigenvalue weighted by atomic mass is 10.1. The molecule has 1 amide bonds. The van der Waals surface area contributed by atoms with Gasteiger partial charge in [0, 0.05) is 20.5 Å². The number of aryl methyl sites for hydroxylation is 2. The maximum atomic E-state index is 12.5. The van der Waals surface area contributed by atoms with Crippen LogP contribution in [0.3, 0.4) is 0 Å². The van der Waals surface area contributed by atoms with Crippen LogP contribution in [-0.2, 0) is 6.42 Å². The van der Waals surface area contributed by atoms with Crippen LogP contribution >= 0.6 is 27.3 Å². The summed E-state index contributed by atoms with van der Waals surface area (Å²) in [6.07, 6.45) is 1.99. The van der Waals surface area contributed by atoms with E-state index in [9.17, 15) is 4.79 Å². The lowest BCUT2D eigenvalue weighted by Crippen LogP contribution is -2.11. The first-order valence-electron chi connectivity index (χ1n) is 8.20. The summed E-state index contributed by atoms with van der Waals surface area (Å²) < 4.78 is 1.04. The van der Waals surface area contributed by atoms with Gasteiger partial charge in [-0.05, 0) is 37.6 Å². The number of anilines is 1. The smallest absolute Gasteiger partial charge is 0.257 e. The van der Waals surface area contributed by atoms with E-state index in [4.69, 9.17) is 0 Å². The number of nitrogens with zero attached hydrogens (tertiary/aromatic N) is 1. The molecule has 3 rings (SSSR count). The Morgan fingerprint density at radius 2 is 1.96 bits per heavy atom. The molecule has 0 spiro atoms. The Bertz CT molecular complexity index is 887. The summed E-state index contributed by atoms with van der Waals surface area (Å²) >= 11 is 5.02. The van der Waals surface area contributed by atoms with Gasteiger partial charge in [-0.3, -0.25) is 10.1 Å². The van der Waals surface area contributed by atoms with Crippen molar-refractivity contribution in [2.24, 2.45) is 0 Å². The van der Waals surface area contributed by atoms with Gasteiger partial charge >= 0.3 is 0 Å². The van der Waals surface area contributed by atoms with Gasteiger partial charge in [0.15, 0.2) is 5.13 Å². The first kappa shape index (κ1) is 17.8. The number of carbonyl (C=O) groups excluding carboxylic acids is 1. The van der Waals surface area contributed by atoms with Crippen molar-refractivity contribution >= 4 is 38.3 Å². The number of hydrogen-bond acceptors (Lipinski definition) is 3. The van der Waals surface area contributed by atoms with Gasteiger partial charge in [-0.25, -0.2) is 4.98 Å². The Hall–Kier alpha value is -1.98. The van der Waals surface area contributed by atoms with Crippen molar-refractivity contribution in [2.45, 2.75) is 26.7 Å². The van der Waals surface area contributed by atoms with E-state index < -0.39 is 0 Å². The van der Waals surface area contributed by atoms with Gasteiger partial charge in [0.05, 0.1) is 5.69 Å². The van der Waals surface area contributed by atoms with Gasteiger partial charge in [-0.2, -0.15) is 0 Å². The Morgan fingerprint density at radius 3 is 2.64 bits per heavy atom. The minimum absolute atomic E-state index is 0.122. The molecule has 0 bridgehead atoms. The van der Waals surface area contributed by atoms with Crippen molar-refractivity contribution in [3.63, 3.8) is 0 Å². The van der Waals surface area contributed by atoms with E-state index in [2.05, 4.69) is 33.2 Å². The zero-order chi connectivity index (χ0) is 17.8. The molecule has 0 fully saturated rings. The van der Waals surface area contributed by atoms with Crippen molar-refractivity contribution in [1.82, 2.24) is 4.98 Å². The monoisotopic (exact) mass is 414 g/mol. The molecule has 0 radical (unpaired) electrons. The topological polar surface area (TPSA) is 42.0 Å². The summed E-state index contributed by atoms with van der Waals surface area (Å²) in [5.74, 6) is -0.122. The molecule has 0 aliphatic rings. The third kappa shape index (κ3) is 4.35. The van der Waals surface area contributed by atoms with E-state index in [1.54, 1.807) is 11.3 Å². The molecular formula is C20H19BrN2OS. The highest BCUT2D eigenvalue weighted by Crippen LogP contribution is 2.33. The third-order valence-corrected chi connectivity index (χ3v) is 5.35. The highest BCUT2D eigenvalue weighted by Gasteiger charge is 2.15. The zero-order valence-electron chi connectivity index (χ0n) is 14.2. The molecule has 3 nitrogen and oxygen atoms in total. The highest BCUT2D eigenvalue weighted by atomic mass is 79.9. The molecule has 0 aliphatic heterocycles. The molecule has 2 aromatic carbocycles. The summed E-state index contributed by atoms with van der Waals surface area (Å²) in [5.41, 5.74) is 3.74. The van der Waals surface area contributed by atoms with Crippen LogP contribution in [0.4, 0.5) is 5.13 Å². The molecule has 0 saturated heterocycles. The van der Waals surface area contributed by atoms with Crippen LogP contribution in [0, 0.1) is 6.92 Å².